The molecule has 0 fully saturated rings. The first-order chi connectivity index (χ1) is 11.8. The van der Waals surface area contributed by atoms with Crippen LogP contribution in [0, 0.1) is 0 Å². The Balaban J connectivity index is 1.65. The number of hydrogen-bond acceptors (Lipinski definition) is 3. The molecule has 2 aromatic carbocycles. The Kier molecular flexibility index (Phi) is 8.36. The first-order valence-corrected chi connectivity index (χ1v) is 9.00. The quantitative estimate of drug-likeness (QED) is 0.630. The van der Waals surface area contributed by atoms with Crippen LogP contribution < -0.4 is 10.1 Å². The van der Waals surface area contributed by atoms with Crippen molar-refractivity contribution in [1.82, 2.24) is 10.2 Å². The van der Waals surface area contributed by atoms with Crippen molar-refractivity contribution in [3.63, 3.8) is 0 Å². The Hall–Kier alpha value is -1.84. The van der Waals surface area contributed by atoms with E-state index in [0.717, 1.165) is 31.9 Å². The molecule has 2 aromatic rings. The summed E-state index contributed by atoms with van der Waals surface area (Å²) in [6, 6.07) is 18.6. The van der Waals surface area contributed by atoms with Gasteiger partial charge < -0.3 is 15.0 Å². The highest BCUT2D eigenvalue weighted by Crippen LogP contribution is 2.14. The molecule has 0 saturated carbocycles. The third-order valence-corrected chi connectivity index (χ3v) is 4.22. The van der Waals surface area contributed by atoms with E-state index >= 15 is 0 Å². The number of ether oxygens (including phenoxy) is 1. The summed E-state index contributed by atoms with van der Waals surface area (Å²) in [4.78, 5) is 2.46. The maximum atomic E-state index is 5.82. The summed E-state index contributed by atoms with van der Waals surface area (Å²) < 4.78 is 5.82. The molecule has 0 aromatic heterocycles. The molecule has 0 aliphatic rings. The highest BCUT2D eigenvalue weighted by atomic mass is 16.5. The minimum atomic E-state index is 0.615. The second-order valence-corrected chi connectivity index (χ2v) is 5.98. The number of benzene rings is 2. The number of nitrogens with one attached hydrogen (secondary N) is 1. The minimum absolute atomic E-state index is 0.615. The summed E-state index contributed by atoms with van der Waals surface area (Å²) in [5, 5.41) is 3.52. The number of rotatable bonds is 11. The zero-order chi connectivity index (χ0) is 17.0. The van der Waals surface area contributed by atoms with Crippen molar-refractivity contribution < 1.29 is 4.74 Å². The molecule has 0 saturated heterocycles. The van der Waals surface area contributed by atoms with Crippen molar-refractivity contribution >= 4 is 0 Å². The van der Waals surface area contributed by atoms with Crippen molar-refractivity contribution in [2.45, 2.75) is 33.4 Å². The van der Waals surface area contributed by atoms with Gasteiger partial charge in [0, 0.05) is 6.54 Å². The van der Waals surface area contributed by atoms with Gasteiger partial charge in [-0.3, -0.25) is 0 Å². The summed E-state index contributed by atoms with van der Waals surface area (Å²) in [5.41, 5.74) is 2.49. The summed E-state index contributed by atoms with van der Waals surface area (Å²) in [7, 11) is 0. The van der Waals surface area contributed by atoms with E-state index in [1.165, 1.54) is 24.1 Å². The van der Waals surface area contributed by atoms with E-state index in [1.54, 1.807) is 0 Å². The Bertz CT molecular complexity index is 550. The van der Waals surface area contributed by atoms with Crippen molar-refractivity contribution in [1.29, 1.82) is 0 Å². The lowest BCUT2D eigenvalue weighted by Crippen LogP contribution is -2.27. The normalized spacial score (nSPS) is 11.0. The molecule has 130 valence electrons. The second-order valence-electron chi connectivity index (χ2n) is 5.98. The Morgan fingerprint density at radius 3 is 2.25 bits per heavy atom. The lowest BCUT2D eigenvalue weighted by Gasteiger charge is -2.17. The zero-order valence-corrected chi connectivity index (χ0v) is 15.0. The first-order valence-electron chi connectivity index (χ1n) is 9.00. The van der Waals surface area contributed by atoms with Crippen molar-refractivity contribution in [3.8, 4) is 5.75 Å². The molecule has 0 amide bonds. The molecule has 0 atom stereocenters. The van der Waals surface area contributed by atoms with Crippen molar-refractivity contribution in [2.24, 2.45) is 0 Å². The van der Waals surface area contributed by atoms with E-state index in [9.17, 15) is 0 Å². The van der Waals surface area contributed by atoms with E-state index < -0.39 is 0 Å². The third-order valence-electron chi connectivity index (χ3n) is 4.22. The maximum Gasteiger partial charge on any atom is 0.119 e. The molecule has 3 nitrogen and oxygen atoms in total. The van der Waals surface area contributed by atoms with Crippen LogP contribution in [-0.2, 0) is 13.2 Å². The molecule has 24 heavy (non-hydrogen) atoms. The van der Waals surface area contributed by atoms with Gasteiger partial charge in [0.05, 0.1) is 0 Å². The zero-order valence-electron chi connectivity index (χ0n) is 15.0. The standard InChI is InChI=1S/C21H30N2O/c1-3-23(4-2)16-8-15-22-17-19-11-13-21(14-12-19)24-18-20-9-6-5-7-10-20/h5-7,9-14,22H,3-4,8,15-18H2,1-2H3. The summed E-state index contributed by atoms with van der Waals surface area (Å²) in [6.07, 6.45) is 1.19. The van der Waals surface area contributed by atoms with Crippen LogP contribution in [0.15, 0.2) is 54.6 Å². The molecule has 0 bridgehead atoms. The molecule has 0 radical (unpaired) electrons. The van der Waals surface area contributed by atoms with Crippen LogP contribution in [-0.4, -0.2) is 31.1 Å². The predicted octanol–water partition coefficient (Wildman–Crippen LogP) is 4.09. The summed E-state index contributed by atoms with van der Waals surface area (Å²) >= 11 is 0. The predicted molar refractivity (Wildman–Crippen MR) is 101 cm³/mol. The minimum Gasteiger partial charge on any atom is -0.489 e. The SMILES string of the molecule is CCN(CC)CCCNCc1ccc(OCc2ccccc2)cc1. The maximum absolute atomic E-state index is 5.82. The van der Waals surface area contributed by atoms with Gasteiger partial charge in [-0.1, -0.05) is 56.3 Å². The Morgan fingerprint density at radius 2 is 1.58 bits per heavy atom. The van der Waals surface area contributed by atoms with E-state index in [-0.39, 0.29) is 0 Å². The van der Waals surface area contributed by atoms with Gasteiger partial charge in [-0.25, -0.2) is 0 Å². The van der Waals surface area contributed by atoms with Crippen LogP contribution in [0.4, 0.5) is 0 Å². The van der Waals surface area contributed by atoms with Gasteiger partial charge in [0.1, 0.15) is 12.4 Å². The fourth-order valence-electron chi connectivity index (χ4n) is 2.64. The van der Waals surface area contributed by atoms with Gasteiger partial charge in [0.25, 0.3) is 0 Å². The van der Waals surface area contributed by atoms with Crippen LogP contribution in [0.25, 0.3) is 0 Å². The topological polar surface area (TPSA) is 24.5 Å². The van der Waals surface area contributed by atoms with Gasteiger partial charge in [-0.15, -0.1) is 0 Å². The average Bonchev–Trinajstić information content (AvgIpc) is 2.65. The lowest BCUT2D eigenvalue weighted by atomic mass is 10.2. The van der Waals surface area contributed by atoms with Gasteiger partial charge >= 0.3 is 0 Å². The largest absolute Gasteiger partial charge is 0.489 e. The molecule has 0 aliphatic heterocycles. The highest BCUT2D eigenvalue weighted by Gasteiger charge is 1.99. The number of hydrogen-bond donors (Lipinski definition) is 1. The average molecular weight is 326 g/mol. The van der Waals surface area contributed by atoms with Gasteiger partial charge in [-0.05, 0) is 55.9 Å². The van der Waals surface area contributed by atoms with E-state index in [2.05, 4.69) is 60.5 Å². The highest BCUT2D eigenvalue weighted by molar-refractivity contribution is 5.27. The Labute approximate surface area is 146 Å². The molecule has 0 aliphatic carbocycles. The third kappa shape index (κ3) is 6.73. The van der Waals surface area contributed by atoms with E-state index in [1.807, 2.05) is 18.2 Å². The molecular weight excluding hydrogens is 296 g/mol. The fourth-order valence-corrected chi connectivity index (χ4v) is 2.64. The monoisotopic (exact) mass is 326 g/mol. The smallest absolute Gasteiger partial charge is 0.119 e. The molecule has 0 heterocycles. The summed E-state index contributed by atoms with van der Waals surface area (Å²) in [6.45, 7) is 10.5. The first kappa shape index (κ1) is 18.5. The van der Waals surface area contributed by atoms with Crippen LogP contribution in [0.1, 0.15) is 31.4 Å². The van der Waals surface area contributed by atoms with Crippen molar-refractivity contribution in [3.05, 3.63) is 65.7 Å². The molecule has 3 heteroatoms. The van der Waals surface area contributed by atoms with Gasteiger partial charge in [0.15, 0.2) is 0 Å². The van der Waals surface area contributed by atoms with Crippen LogP contribution in [0.5, 0.6) is 5.75 Å². The second kappa shape index (κ2) is 10.8. The molecule has 1 N–H and O–H groups in total. The molecule has 0 unspecified atom stereocenters. The molecule has 0 spiro atoms. The van der Waals surface area contributed by atoms with Gasteiger partial charge in [0.2, 0.25) is 0 Å². The van der Waals surface area contributed by atoms with E-state index in [4.69, 9.17) is 4.74 Å². The van der Waals surface area contributed by atoms with Crippen LogP contribution >= 0.6 is 0 Å². The van der Waals surface area contributed by atoms with Crippen LogP contribution in [0.2, 0.25) is 0 Å². The van der Waals surface area contributed by atoms with Crippen molar-refractivity contribution in [2.75, 3.05) is 26.2 Å². The van der Waals surface area contributed by atoms with Gasteiger partial charge in [-0.2, -0.15) is 0 Å². The lowest BCUT2D eigenvalue weighted by molar-refractivity contribution is 0.298. The molecular formula is C21H30N2O. The summed E-state index contributed by atoms with van der Waals surface area (Å²) in [5.74, 6) is 0.920. The fraction of sp³-hybridized carbons (Fsp3) is 0.429. The van der Waals surface area contributed by atoms with E-state index in [0.29, 0.717) is 6.61 Å². The molecule has 2 rings (SSSR count). The Morgan fingerprint density at radius 1 is 0.875 bits per heavy atom. The van der Waals surface area contributed by atoms with Crippen LogP contribution in [0.3, 0.4) is 0 Å². The number of nitrogens with zero attached hydrogens (tertiary/aromatic N) is 1.